The van der Waals surface area contributed by atoms with Gasteiger partial charge in [-0.3, -0.25) is 9.69 Å². The van der Waals surface area contributed by atoms with Gasteiger partial charge < -0.3 is 14.5 Å². The Labute approximate surface area is 168 Å². The van der Waals surface area contributed by atoms with Gasteiger partial charge in [-0.25, -0.2) is 0 Å². The lowest BCUT2D eigenvalue weighted by Crippen LogP contribution is -2.49. The van der Waals surface area contributed by atoms with Crippen molar-refractivity contribution in [2.75, 3.05) is 44.7 Å². The second kappa shape index (κ2) is 7.58. The Morgan fingerprint density at radius 2 is 1.68 bits per heavy atom. The van der Waals surface area contributed by atoms with Crippen LogP contribution in [-0.2, 0) is 4.79 Å². The summed E-state index contributed by atoms with van der Waals surface area (Å²) < 4.78 is 5.28. The maximum Gasteiger partial charge on any atom is 0.227 e. The second-order valence-corrected chi connectivity index (χ2v) is 9.23. The Morgan fingerprint density at radius 1 is 0.929 bits per heavy atom. The highest BCUT2D eigenvalue weighted by molar-refractivity contribution is 5.80. The van der Waals surface area contributed by atoms with Gasteiger partial charge >= 0.3 is 0 Å². The molecule has 4 aliphatic heterocycles. The first-order valence-corrected chi connectivity index (χ1v) is 11.1. The molecule has 152 valence electrons. The number of methoxy groups -OCH3 is 1. The SMILES string of the molecule is COc1ccc(N2CCC(N3C[C@@H]4CC[C@H](C3)N(CC3CC3)C4=O)CC2)cc1. The van der Waals surface area contributed by atoms with Crippen LogP contribution in [0.3, 0.4) is 0 Å². The zero-order valence-corrected chi connectivity index (χ0v) is 17.1. The van der Waals surface area contributed by atoms with Gasteiger partial charge in [0.1, 0.15) is 5.75 Å². The van der Waals surface area contributed by atoms with Gasteiger partial charge in [0.05, 0.1) is 13.0 Å². The number of rotatable bonds is 5. The number of ether oxygens (including phenoxy) is 1. The summed E-state index contributed by atoms with van der Waals surface area (Å²) in [7, 11) is 1.71. The quantitative estimate of drug-likeness (QED) is 0.783. The molecule has 5 fully saturated rings. The number of fused-ring (bicyclic) bond motifs is 4. The molecule has 6 rings (SSSR count). The lowest BCUT2D eigenvalue weighted by Gasteiger charge is -2.40. The molecule has 5 nitrogen and oxygen atoms in total. The van der Waals surface area contributed by atoms with Gasteiger partial charge in [0.15, 0.2) is 0 Å². The molecule has 0 spiro atoms. The van der Waals surface area contributed by atoms with Crippen molar-refractivity contribution >= 4 is 11.6 Å². The van der Waals surface area contributed by atoms with Crippen LogP contribution in [0.5, 0.6) is 5.75 Å². The molecule has 1 aliphatic carbocycles. The number of nitrogens with zero attached hydrogens (tertiary/aromatic N) is 3. The Bertz CT molecular complexity index is 694. The minimum absolute atomic E-state index is 0.247. The molecule has 5 heteroatoms. The highest BCUT2D eigenvalue weighted by Gasteiger charge is 2.44. The van der Waals surface area contributed by atoms with Crippen molar-refractivity contribution in [3.63, 3.8) is 0 Å². The van der Waals surface area contributed by atoms with E-state index in [2.05, 4.69) is 26.8 Å². The van der Waals surface area contributed by atoms with Crippen LogP contribution in [0.4, 0.5) is 5.69 Å². The predicted molar refractivity (Wildman–Crippen MR) is 111 cm³/mol. The summed E-state index contributed by atoms with van der Waals surface area (Å²) in [4.78, 5) is 20.4. The maximum absolute atomic E-state index is 13.0. The van der Waals surface area contributed by atoms with Crippen molar-refractivity contribution < 1.29 is 9.53 Å². The molecule has 4 saturated heterocycles. The minimum Gasteiger partial charge on any atom is -0.497 e. The number of amides is 1. The number of anilines is 1. The van der Waals surface area contributed by atoms with Crippen molar-refractivity contribution in [3.05, 3.63) is 24.3 Å². The maximum atomic E-state index is 13.0. The lowest BCUT2D eigenvalue weighted by atomic mass is 9.93. The van der Waals surface area contributed by atoms with E-state index in [-0.39, 0.29) is 5.92 Å². The van der Waals surface area contributed by atoms with Crippen molar-refractivity contribution in [2.24, 2.45) is 11.8 Å². The molecule has 0 unspecified atom stereocenters. The summed E-state index contributed by atoms with van der Waals surface area (Å²) >= 11 is 0. The normalized spacial score (nSPS) is 29.2. The Kier molecular flexibility index (Phi) is 4.95. The number of benzene rings is 1. The van der Waals surface area contributed by atoms with Gasteiger partial charge in [0, 0.05) is 50.5 Å². The van der Waals surface area contributed by atoms with Gasteiger partial charge in [-0.2, -0.15) is 0 Å². The van der Waals surface area contributed by atoms with Crippen LogP contribution in [-0.4, -0.2) is 67.6 Å². The molecule has 2 bridgehead atoms. The van der Waals surface area contributed by atoms with Gasteiger partial charge in [-0.1, -0.05) is 0 Å². The summed E-state index contributed by atoms with van der Waals surface area (Å²) in [5, 5.41) is 0. The molecule has 4 heterocycles. The highest BCUT2D eigenvalue weighted by Crippen LogP contribution is 2.36. The average molecular weight is 384 g/mol. The first-order chi connectivity index (χ1) is 13.7. The van der Waals surface area contributed by atoms with Crippen LogP contribution in [0, 0.1) is 11.8 Å². The molecule has 0 N–H and O–H groups in total. The summed E-state index contributed by atoms with van der Waals surface area (Å²) in [6.45, 7) is 5.32. The molecule has 1 saturated carbocycles. The van der Waals surface area contributed by atoms with Crippen LogP contribution in [0.25, 0.3) is 0 Å². The van der Waals surface area contributed by atoms with Gasteiger partial charge in [0.2, 0.25) is 5.91 Å². The van der Waals surface area contributed by atoms with Crippen molar-refractivity contribution in [2.45, 2.75) is 50.6 Å². The van der Waals surface area contributed by atoms with Gasteiger partial charge in [-0.05, 0) is 68.7 Å². The fourth-order valence-corrected chi connectivity index (χ4v) is 5.47. The number of piperidine rings is 2. The van der Waals surface area contributed by atoms with Crippen LogP contribution >= 0.6 is 0 Å². The molecule has 1 aromatic rings. The Balaban J connectivity index is 1.21. The van der Waals surface area contributed by atoms with E-state index in [1.54, 1.807) is 7.11 Å². The van der Waals surface area contributed by atoms with E-state index < -0.39 is 0 Å². The second-order valence-electron chi connectivity index (χ2n) is 9.23. The topological polar surface area (TPSA) is 36.0 Å². The summed E-state index contributed by atoms with van der Waals surface area (Å²) in [6, 6.07) is 9.53. The summed E-state index contributed by atoms with van der Waals surface area (Å²) in [6.07, 6.45) is 7.37. The first kappa shape index (κ1) is 18.3. The Morgan fingerprint density at radius 3 is 2.36 bits per heavy atom. The fraction of sp³-hybridized carbons (Fsp3) is 0.696. The minimum atomic E-state index is 0.247. The van der Waals surface area contributed by atoms with Gasteiger partial charge in [0.25, 0.3) is 0 Å². The van der Waals surface area contributed by atoms with Crippen molar-refractivity contribution in [1.29, 1.82) is 0 Å². The van der Waals surface area contributed by atoms with E-state index in [0.717, 1.165) is 50.8 Å². The molecule has 1 amide bonds. The molecule has 2 atom stereocenters. The Hall–Kier alpha value is -1.75. The van der Waals surface area contributed by atoms with Crippen molar-refractivity contribution in [3.8, 4) is 5.75 Å². The predicted octanol–water partition coefficient (Wildman–Crippen LogP) is 3.00. The first-order valence-electron chi connectivity index (χ1n) is 11.1. The van der Waals surface area contributed by atoms with E-state index in [1.807, 2.05) is 12.1 Å². The van der Waals surface area contributed by atoms with Crippen LogP contribution in [0.15, 0.2) is 24.3 Å². The molecule has 28 heavy (non-hydrogen) atoms. The van der Waals surface area contributed by atoms with Crippen LogP contribution in [0.1, 0.15) is 38.5 Å². The van der Waals surface area contributed by atoms with Gasteiger partial charge in [-0.15, -0.1) is 0 Å². The fourth-order valence-electron chi connectivity index (χ4n) is 5.47. The number of carbonyl (C=O) groups excluding carboxylic acids is 1. The number of carbonyl (C=O) groups is 1. The lowest BCUT2D eigenvalue weighted by molar-refractivity contribution is -0.140. The van der Waals surface area contributed by atoms with Crippen LogP contribution in [0.2, 0.25) is 0 Å². The molecule has 1 aromatic carbocycles. The summed E-state index contributed by atoms with van der Waals surface area (Å²) in [5.41, 5.74) is 1.29. The monoisotopic (exact) mass is 383 g/mol. The van der Waals surface area contributed by atoms with E-state index in [1.165, 1.54) is 37.8 Å². The number of hydrogen-bond donors (Lipinski definition) is 0. The third-order valence-electron chi connectivity index (χ3n) is 7.39. The van der Waals surface area contributed by atoms with Crippen molar-refractivity contribution in [1.82, 2.24) is 9.80 Å². The standard InChI is InChI=1S/C23H33N3O2/c1-28-22-8-6-19(7-9-22)24-12-10-20(11-13-24)25-15-18-4-5-21(16-25)26(23(18)27)14-17-2-3-17/h6-9,17-18,20-21H,2-5,10-16H2,1H3/t18-,21+/m0/s1. The highest BCUT2D eigenvalue weighted by atomic mass is 16.5. The van der Waals surface area contributed by atoms with E-state index in [9.17, 15) is 4.79 Å². The smallest absolute Gasteiger partial charge is 0.227 e. The molecule has 0 aromatic heterocycles. The molecular formula is C23H33N3O2. The van der Waals surface area contributed by atoms with E-state index in [0.29, 0.717) is 18.0 Å². The third kappa shape index (κ3) is 3.61. The van der Waals surface area contributed by atoms with Crippen LogP contribution < -0.4 is 9.64 Å². The summed E-state index contributed by atoms with van der Waals surface area (Å²) in [5.74, 6) is 2.42. The molecular weight excluding hydrogens is 350 g/mol. The zero-order chi connectivity index (χ0) is 19.1. The van der Waals surface area contributed by atoms with E-state index >= 15 is 0 Å². The zero-order valence-electron chi connectivity index (χ0n) is 17.1. The average Bonchev–Trinajstić information content (AvgIpc) is 3.58. The van der Waals surface area contributed by atoms with E-state index in [4.69, 9.17) is 4.74 Å². The molecule has 0 radical (unpaired) electrons. The molecule has 5 aliphatic rings. The number of hydrogen-bond acceptors (Lipinski definition) is 4. The largest absolute Gasteiger partial charge is 0.497 e. The third-order valence-corrected chi connectivity index (χ3v) is 7.39.